The molecule has 1 saturated carbocycles. The number of aliphatic imine (C=N–C) groups is 1. The number of aromatic nitrogens is 4. The summed E-state index contributed by atoms with van der Waals surface area (Å²) in [5.41, 5.74) is -1.26. The number of rotatable bonds is 7. The van der Waals surface area contributed by atoms with Crippen LogP contribution in [0, 0.1) is 0 Å². The standard InChI is InChI=1S/C19H21F4N5O2/c1-11(14-10-28-15(9-25-14)26-27-16(28)12(2)29-4)8-13(20)17(24-3)30-18(6-5-7-18)19(21,22)23/h8-10,12H,3,5-7H2,1-2,4H3/b11-8+,17-13-/t12-/m1/s1. The summed E-state index contributed by atoms with van der Waals surface area (Å²) in [6.07, 6.45) is -1.10. The molecule has 0 saturated heterocycles. The monoisotopic (exact) mass is 427 g/mol. The highest BCUT2D eigenvalue weighted by molar-refractivity contribution is 5.63. The van der Waals surface area contributed by atoms with Crippen molar-refractivity contribution in [2.75, 3.05) is 7.11 Å². The van der Waals surface area contributed by atoms with Crippen molar-refractivity contribution in [2.24, 2.45) is 4.99 Å². The molecule has 1 fully saturated rings. The topological polar surface area (TPSA) is 73.9 Å². The Bertz CT molecular complexity index is 1010. The van der Waals surface area contributed by atoms with Crippen LogP contribution in [0.2, 0.25) is 0 Å². The molecule has 0 aromatic carbocycles. The molecule has 30 heavy (non-hydrogen) atoms. The molecular weight excluding hydrogens is 406 g/mol. The van der Waals surface area contributed by atoms with Crippen molar-refractivity contribution in [1.82, 2.24) is 19.6 Å². The third-order valence-corrected chi connectivity index (χ3v) is 5.10. The van der Waals surface area contributed by atoms with Crippen molar-refractivity contribution >= 4 is 17.9 Å². The van der Waals surface area contributed by atoms with Gasteiger partial charge in [-0.25, -0.2) is 9.38 Å². The number of allylic oxidation sites excluding steroid dienone is 3. The van der Waals surface area contributed by atoms with E-state index in [1.54, 1.807) is 24.4 Å². The lowest BCUT2D eigenvalue weighted by Gasteiger charge is -2.42. The summed E-state index contributed by atoms with van der Waals surface area (Å²) in [6, 6.07) is 0. The van der Waals surface area contributed by atoms with E-state index in [-0.39, 0.29) is 18.9 Å². The number of methoxy groups -OCH3 is 1. The SMILES string of the molecule is C=N/C(OC1(C(F)(F)F)CCC1)=C(F)\C=C(/C)c1cn2c([C@@H](C)OC)nnc2cn1. The van der Waals surface area contributed by atoms with Gasteiger partial charge in [-0.15, -0.1) is 10.2 Å². The van der Waals surface area contributed by atoms with Gasteiger partial charge in [0.05, 0.1) is 11.9 Å². The van der Waals surface area contributed by atoms with Gasteiger partial charge in [0.15, 0.2) is 17.3 Å². The van der Waals surface area contributed by atoms with E-state index in [2.05, 4.69) is 26.9 Å². The fourth-order valence-corrected chi connectivity index (χ4v) is 3.01. The van der Waals surface area contributed by atoms with E-state index in [4.69, 9.17) is 9.47 Å². The molecule has 11 heteroatoms. The van der Waals surface area contributed by atoms with Crippen LogP contribution >= 0.6 is 0 Å². The van der Waals surface area contributed by atoms with Crippen LogP contribution in [0.5, 0.6) is 0 Å². The summed E-state index contributed by atoms with van der Waals surface area (Å²) in [4.78, 5) is 7.53. The number of halogens is 4. The van der Waals surface area contributed by atoms with Crippen LogP contribution in [0.1, 0.15) is 50.7 Å². The van der Waals surface area contributed by atoms with Gasteiger partial charge in [-0.1, -0.05) is 0 Å². The molecule has 2 aromatic heterocycles. The molecule has 2 aromatic rings. The van der Waals surface area contributed by atoms with Gasteiger partial charge >= 0.3 is 6.18 Å². The van der Waals surface area contributed by atoms with Crippen molar-refractivity contribution in [3.05, 3.63) is 41.7 Å². The Hall–Kier alpha value is -2.82. The smallest absolute Gasteiger partial charge is 0.428 e. The highest BCUT2D eigenvalue weighted by atomic mass is 19.4. The fourth-order valence-electron chi connectivity index (χ4n) is 3.01. The van der Waals surface area contributed by atoms with Gasteiger partial charge in [-0.2, -0.15) is 13.2 Å². The molecule has 2 heterocycles. The van der Waals surface area contributed by atoms with Gasteiger partial charge in [0, 0.05) is 13.3 Å². The highest BCUT2D eigenvalue weighted by Crippen LogP contribution is 2.49. The van der Waals surface area contributed by atoms with E-state index >= 15 is 0 Å². The Balaban J connectivity index is 1.93. The molecule has 0 amide bonds. The summed E-state index contributed by atoms with van der Waals surface area (Å²) in [5.74, 6) is -1.35. The fraction of sp³-hybridized carbons (Fsp3) is 0.474. The van der Waals surface area contributed by atoms with E-state index in [0.29, 0.717) is 29.2 Å². The largest absolute Gasteiger partial charge is 0.459 e. The maximum atomic E-state index is 14.7. The zero-order chi connectivity index (χ0) is 22.1. The zero-order valence-electron chi connectivity index (χ0n) is 16.7. The minimum absolute atomic E-state index is 0.252. The van der Waals surface area contributed by atoms with E-state index < -0.39 is 23.5 Å². The van der Waals surface area contributed by atoms with Gasteiger partial charge < -0.3 is 9.47 Å². The highest BCUT2D eigenvalue weighted by Gasteiger charge is 2.61. The average Bonchev–Trinajstić information content (AvgIpc) is 3.08. The van der Waals surface area contributed by atoms with E-state index in [9.17, 15) is 17.6 Å². The molecule has 3 rings (SSSR count). The van der Waals surface area contributed by atoms with Crippen LogP contribution in [0.4, 0.5) is 17.6 Å². The predicted octanol–water partition coefficient (Wildman–Crippen LogP) is 4.58. The van der Waals surface area contributed by atoms with Crippen molar-refractivity contribution < 1.29 is 27.0 Å². The number of alkyl halides is 3. The predicted molar refractivity (Wildman–Crippen MR) is 101 cm³/mol. The quantitative estimate of drug-likeness (QED) is 0.280. The zero-order valence-corrected chi connectivity index (χ0v) is 16.7. The lowest BCUT2D eigenvalue weighted by molar-refractivity contribution is -0.292. The van der Waals surface area contributed by atoms with Gasteiger partial charge in [-0.3, -0.25) is 9.38 Å². The molecule has 0 spiro atoms. The maximum absolute atomic E-state index is 14.7. The normalized spacial score (nSPS) is 18.6. The van der Waals surface area contributed by atoms with Gasteiger partial charge in [-0.05, 0) is 51.5 Å². The van der Waals surface area contributed by atoms with Gasteiger partial charge in [0.25, 0.3) is 5.88 Å². The second-order valence-electron chi connectivity index (χ2n) is 7.02. The molecule has 1 atom stereocenters. The van der Waals surface area contributed by atoms with Gasteiger partial charge in [0.1, 0.15) is 6.10 Å². The molecule has 0 radical (unpaired) electrons. The van der Waals surface area contributed by atoms with Crippen molar-refractivity contribution in [2.45, 2.75) is 51.0 Å². The summed E-state index contributed by atoms with van der Waals surface area (Å²) >= 11 is 0. The van der Waals surface area contributed by atoms with E-state index in [1.165, 1.54) is 13.3 Å². The molecule has 7 nitrogen and oxygen atoms in total. The molecule has 0 unspecified atom stereocenters. The first-order chi connectivity index (χ1) is 14.1. The first-order valence-electron chi connectivity index (χ1n) is 9.16. The van der Waals surface area contributed by atoms with Crippen molar-refractivity contribution in [3.63, 3.8) is 0 Å². The van der Waals surface area contributed by atoms with Gasteiger partial charge in [0.2, 0.25) is 5.60 Å². The van der Waals surface area contributed by atoms with Crippen LogP contribution in [-0.2, 0) is 9.47 Å². The Morgan fingerprint density at radius 1 is 1.37 bits per heavy atom. The Morgan fingerprint density at radius 2 is 2.07 bits per heavy atom. The molecule has 0 aliphatic heterocycles. The van der Waals surface area contributed by atoms with Crippen LogP contribution in [0.15, 0.2) is 35.2 Å². The first kappa shape index (κ1) is 21.9. The average molecular weight is 427 g/mol. The lowest BCUT2D eigenvalue weighted by Crippen LogP contribution is -2.52. The summed E-state index contributed by atoms with van der Waals surface area (Å²) in [7, 11) is 1.53. The number of hydrogen-bond donors (Lipinski definition) is 0. The molecule has 1 aliphatic rings. The van der Waals surface area contributed by atoms with Crippen LogP contribution < -0.4 is 0 Å². The minimum atomic E-state index is -4.63. The summed E-state index contributed by atoms with van der Waals surface area (Å²) < 4.78 is 66.5. The van der Waals surface area contributed by atoms with Crippen LogP contribution in [0.3, 0.4) is 0 Å². The Labute approximate surface area is 170 Å². The molecule has 0 bridgehead atoms. The molecule has 1 aliphatic carbocycles. The van der Waals surface area contributed by atoms with Crippen molar-refractivity contribution in [1.29, 1.82) is 0 Å². The third kappa shape index (κ3) is 3.93. The second kappa shape index (κ2) is 8.13. The summed E-state index contributed by atoms with van der Waals surface area (Å²) in [6.45, 7) is 6.49. The van der Waals surface area contributed by atoms with Crippen LogP contribution in [-0.4, -0.2) is 45.2 Å². The Kier molecular flexibility index (Phi) is 5.93. The molecule has 162 valence electrons. The Morgan fingerprint density at radius 3 is 2.60 bits per heavy atom. The van der Waals surface area contributed by atoms with E-state index in [1.807, 2.05) is 0 Å². The van der Waals surface area contributed by atoms with Crippen molar-refractivity contribution in [3.8, 4) is 0 Å². The molecular formula is C19H21F4N5O2. The number of ether oxygens (including phenoxy) is 2. The first-order valence-corrected chi connectivity index (χ1v) is 9.16. The van der Waals surface area contributed by atoms with E-state index in [0.717, 1.165) is 6.08 Å². The summed E-state index contributed by atoms with van der Waals surface area (Å²) in [5, 5.41) is 8.03. The number of hydrogen-bond acceptors (Lipinski definition) is 6. The number of nitrogens with zero attached hydrogens (tertiary/aromatic N) is 5. The van der Waals surface area contributed by atoms with Crippen LogP contribution in [0.25, 0.3) is 11.2 Å². The molecule has 0 N–H and O–H groups in total. The third-order valence-electron chi connectivity index (χ3n) is 5.10. The minimum Gasteiger partial charge on any atom is -0.459 e. The maximum Gasteiger partial charge on any atom is 0.428 e. The number of fused-ring (bicyclic) bond motifs is 1. The lowest BCUT2D eigenvalue weighted by atomic mass is 9.79. The second-order valence-corrected chi connectivity index (χ2v) is 7.02.